The first kappa shape index (κ1) is 11.5. The Morgan fingerprint density at radius 2 is 2.19 bits per heavy atom. The van der Waals surface area contributed by atoms with Gasteiger partial charge in [-0.3, -0.25) is 4.79 Å². The molecule has 0 aliphatic carbocycles. The molecule has 1 aromatic rings. The second kappa shape index (κ2) is 5.37. The molecule has 1 heterocycles. The van der Waals surface area contributed by atoms with E-state index in [4.69, 9.17) is 10.5 Å². The molecule has 1 aliphatic rings. The van der Waals surface area contributed by atoms with Crippen molar-refractivity contribution < 1.29 is 9.53 Å². The topological polar surface area (TPSA) is 52.3 Å². The van der Waals surface area contributed by atoms with Crippen LogP contribution in [0.15, 0.2) is 24.3 Å². The number of hydrogen-bond acceptors (Lipinski definition) is 4. The van der Waals surface area contributed by atoms with Crippen LogP contribution < -0.4 is 5.73 Å². The highest BCUT2D eigenvalue weighted by molar-refractivity contribution is 8.14. The van der Waals surface area contributed by atoms with Crippen molar-refractivity contribution in [1.82, 2.24) is 0 Å². The van der Waals surface area contributed by atoms with E-state index < -0.39 is 0 Å². The molecule has 2 rings (SSSR count). The molecule has 0 spiro atoms. The zero-order chi connectivity index (χ0) is 11.4. The number of benzene rings is 1. The average Bonchev–Trinajstić information content (AvgIpc) is 2.31. The molecule has 4 heteroatoms. The van der Waals surface area contributed by atoms with Gasteiger partial charge in [0.15, 0.2) is 0 Å². The highest BCUT2D eigenvalue weighted by atomic mass is 32.2. The van der Waals surface area contributed by atoms with Crippen molar-refractivity contribution in [1.29, 1.82) is 0 Å². The monoisotopic (exact) mass is 237 g/mol. The lowest BCUT2D eigenvalue weighted by Crippen LogP contribution is -2.17. The van der Waals surface area contributed by atoms with Crippen molar-refractivity contribution in [2.24, 2.45) is 0 Å². The van der Waals surface area contributed by atoms with Gasteiger partial charge in [-0.05, 0) is 31.4 Å². The molecule has 0 amide bonds. The number of anilines is 1. The Kier molecular flexibility index (Phi) is 3.85. The lowest BCUT2D eigenvalue weighted by molar-refractivity contribution is 0.0719. The molecule has 1 saturated heterocycles. The third-order valence-electron chi connectivity index (χ3n) is 2.56. The van der Waals surface area contributed by atoms with Gasteiger partial charge in [0.25, 0.3) is 0 Å². The second-order valence-corrected chi connectivity index (χ2v) is 4.92. The van der Waals surface area contributed by atoms with Crippen LogP contribution in [0.25, 0.3) is 0 Å². The maximum Gasteiger partial charge on any atom is 0.223 e. The second-order valence-electron chi connectivity index (χ2n) is 3.79. The van der Waals surface area contributed by atoms with Crippen LogP contribution in [0.5, 0.6) is 0 Å². The van der Waals surface area contributed by atoms with Gasteiger partial charge >= 0.3 is 0 Å². The number of thioether (sulfide) groups is 1. The normalized spacial score (nSPS) is 20.6. The van der Waals surface area contributed by atoms with Gasteiger partial charge in [-0.1, -0.05) is 23.9 Å². The van der Waals surface area contributed by atoms with Gasteiger partial charge in [-0.15, -0.1) is 0 Å². The van der Waals surface area contributed by atoms with E-state index in [0.717, 1.165) is 25.9 Å². The van der Waals surface area contributed by atoms with Gasteiger partial charge in [0, 0.05) is 12.3 Å². The van der Waals surface area contributed by atoms with Crippen molar-refractivity contribution in [3.8, 4) is 0 Å². The van der Waals surface area contributed by atoms with E-state index >= 15 is 0 Å². The van der Waals surface area contributed by atoms with Crippen LogP contribution in [0, 0.1) is 0 Å². The minimum Gasteiger partial charge on any atom is -0.398 e. The lowest BCUT2D eigenvalue weighted by atomic mass is 10.2. The Labute approximate surface area is 99.4 Å². The lowest BCUT2D eigenvalue weighted by Gasteiger charge is -2.21. The number of para-hydroxylation sites is 1. The summed E-state index contributed by atoms with van der Waals surface area (Å²) >= 11 is 1.25. The number of nitrogens with two attached hydrogens (primary N) is 1. The molecule has 1 fully saturated rings. The Bertz CT molecular complexity index is 375. The van der Waals surface area contributed by atoms with E-state index in [-0.39, 0.29) is 10.6 Å². The Balaban J connectivity index is 2.00. The third-order valence-corrected chi connectivity index (χ3v) is 3.63. The number of carbonyl (C=O) groups is 1. The van der Waals surface area contributed by atoms with E-state index in [1.807, 2.05) is 12.1 Å². The van der Waals surface area contributed by atoms with Crippen LogP contribution in [0.4, 0.5) is 5.69 Å². The highest BCUT2D eigenvalue weighted by Gasteiger charge is 2.20. The van der Waals surface area contributed by atoms with Crippen molar-refractivity contribution in [2.75, 3.05) is 12.3 Å². The summed E-state index contributed by atoms with van der Waals surface area (Å²) in [4.78, 5) is 11.9. The molecule has 2 N–H and O–H groups in total. The fourth-order valence-corrected chi connectivity index (χ4v) is 2.67. The molecular formula is C12H15NO2S. The SMILES string of the molecule is Nc1ccccc1C(=O)SC1CCCCO1. The van der Waals surface area contributed by atoms with Crippen LogP contribution in [0.3, 0.4) is 0 Å². The predicted molar refractivity (Wildman–Crippen MR) is 66.4 cm³/mol. The third kappa shape index (κ3) is 2.77. The molecule has 1 aliphatic heterocycles. The first-order chi connectivity index (χ1) is 7.77. The summed E-state index contributed by atoms with van der Waals surface area (Å²) in [6, 6.07) is 7.16. The number of nitrogen functional groups attached to an aromatic ring is 1. The van der Waals surface area contributed by atoms with Crippen molar-refractivity contribution in [3.63, 3.8) is 0 Å². The number of carbonyl (C=O) groups excluding carboxylic acids is 1. The summed E-state index contributed by atoms with van der Waals surface area (Å²) in [5.74, 6) is 0. The molecule has 0 aromatic heterocycles. The highest BCUT2D eigenvalue weighted by Crippen LogP contribution is 2.28. The minimum atomic E-state index is 0.000793. The van der Waals surface area contributed by atoms with E-state index in [2.05, 4.69) is 0 Å². The number of hydrogen-bond donors (Lipinski definition) is 1. The summed E-state index contributed by atoms with van der Waals surface area (Å²) < 4.78 is 5.51. The molecule has 1 aromatic carbocycles. The fourth-order valence-electron chi connectivity index (χ4n) is 1.67. The zero-order valence-electron chi connectivity index (χ0n) is 9.02. The Morgan fingerprint density at radius 3 is 2.88 bits per heavy atom. The summed E-state index contributed by atoms with van der Waals surface area (Å²) in [5.41, 5.74) is 6.88. The van der Waals surface area contributed by atoms with Crippen molar-refractivity contribution >= 4 is 22.6 Å². The van der Waals surface area contributed by atoms with Gasteiger partial charge in [0.1, 0.15) is 5.44 Å². The average molecular weight is 237 g/mol. The van der Waals surface area contributed by atoms with Crippen LogP contribution in [-0.2, 0) is 4.74 Å². The van der Waals surface area contributed by atoms with Gasteiger partial charge in [-0.2, -0.15) is 0 Å². The minimum absolute atomic E-state index is 0.000793. The molecule has 1 atom stereocenters. The number of rotatable bonds is 2. The smallest absolute Gasteiger partial charge is 0.223 e. The van der Waals surface area contributed by atoms with Gasteiger partial charge in [0.05, 0.1) is 5.56 Å². The first-order valence-electron chi connectivity index (χ1n) is 5.44. The van der Waals surface area contributed by atoms with E-state index in [9.17, 15) is 4.79 Å². The summed E-state index contributed by atoms with van der Waals surface area (Å²) in [5, 5.41) is 0.00463. The predicted octanol–water partition coefficient (Wildman–Crippen LogP) is 2.67. The van der Waals surface area contributed by atoms with Crippen LogP contribution in [0.1, 0.15) is 29.6 Å². The Hall–Kier alpha value is -1.00. The van der Waals surface area contributed by atoms with Crippen LogP contribution in [0.2, 0.25) is 0 Å². The van der Waals surface area contributed by atoms with Gasteiger partial charge < -0.3 is 10.5 Å². The molecule has 3 nitrogen and oxygen atoms in total. The molecule has 16 heavy (non-hydrogen) atoms. The maximum absolute atomic E-state index is 11.9. The largest absolute Gasteiger partial charge is 0.398 e. The van der Waals surface area contributed by atoms with Gasteiger partial charge in [0.2, 0.25) is 5.12 Å². The molecular weight excluding hydrogens is 222 g/mol. The summed E-state index contributed by atoms with van der Waals surface area (Å²) in [6.07, 6.45) is 3.18. The molecule has 86 valence electrons. The number of ether oxygens (including phenoxy) is 1. The first-order valence-corrected chi connectivity index (χ1v) is 6.32. The van der Waals surface area contributed by atoms with Crippen LogP contribution >= 0.6 is 11.8 Å². The molecule has 0 radical (unpaired) electrons. The maximum atomic E-state index is 11.9. The van der Waals surface area contributed by atoms with Crippen molar-refractivity contribution in [3.05, 3.63) is 29.8 Å². The molecule has 1 unspecified atom stereocenters. The standard InChI is InChI=1S/C12H15NO2S/c13-10-6-2-1-5-9(10)12(14)16-11-7-3-4-8-15-11/h1-2,5-6,11H,3-4,7-8,13H2. The summed E-state index contributed by atoms with van der Waals surface area (Å²) in [6.45, 7) is 0.759. The zero-order valence-corrected chi connectivity index (χ0v) is 9.83. The van der Waals surface area contributed by atoms with E-state index in [1.165, 1.54) is 11.8 Å². The fraction of sp³-hybridized carbons (Fsp3) is 0.417. The molecule has 0 bridgehead atoms. The Morgan fingerprint density at radius 1 is 1.38 bits per heavy atom. The van der Waals surface area contributed by atoms with Gasteiger partial charge in [-0.25, -0.2) is 0 Å². The van der Waals surface area contributed by atoms with E-state index in [1.54, 1.807) is 12.1 Å². The molecule has 0 saturated carbocycles. The quantitative estimate of drug-likeness (QED) is 0.803. The summed E-state index contributed by atoms with van der Waals surface area (Å²) in [7, 11) is 0. The van der Waals surface area contributed by atoms with E-state index in [0.29, 0.717) is 11.3 Å². The van der Waals surface area contributed by atoms with Crippen LogP contribution in [-0.4, -0.2) is 17.2 Å². The van der Waals surface area contributed by atoms with Crippen molar-refractivity contribution in [2.45, 2.75) is 24.7 Å².